The highest BCUT2D eigenvalue weighted by atomic mass is 32.2. The first kappa shape index (κ1) is 17.2. The van der Waals surface area contributed by atoms with Gasteiger partial charge in [-0.25, -0.2) is 13.1 Å². The maximum atomic E-state index is 12.3. The molecule has 1 fully saturated rings. The van der Waals surface area contributed by atoms with Gasteiger partial charge in [-0.15, -0.1) is 0 Å². The molecule has 0 aromatic heterocycles. The first-order valence-electron chi connectivity index (χ1n) is 7.82. The molecule has 0 saturated carbocycles. The molecule has 6 heteroatoms. The van der Waals surface area contributed by atoms with Crippen molar-refractivity contribution < 1.29 is 13.2 Å². The minimum atomic E-state index is -3.44. The van der Waals surface area contributed by atoms with E-state index in [-0.39, 0.29) is 11.0 Å². The van der Waals surface area contributed by atoms with E-state index < -0.39 is 10.0 Å². The summed E-state index contributed by atoms with van der Waals surface area (Å²) in [7, 11) is -1.34. The summed E-state index contributed by atoms with van der Waals surface area (Å²) in [5.74, 6) is 1.11. The molecular weight excluding hydrogens is 300 g/mol. The van der Waals surface area contributed by atoms with Gasteiger partial charge < -0.3 is 9.64 Å². The Hall–Kier alpha value is -1.11. The number of sulfonamides is 1. The topological polar surface area (TPSA) is 58.6 Å². The fourth-order valence-electron chi connectivity index (χ4n) is 2.55. The molecule has 1 heterocycles. The summed E-state index contributed by atoms with van der Waals surface area (Å²) in [5.41, 5.74) is 0. The Balaban J connectivity index is 1.92. The summed E-state index contributed by atoms with van der Waals surface area (Å²) < 4.78 is 32.9. The number of likely N-dealkylation sites (tertiary alicyclic amines) is 1. The minimum Gasteiger partial charge on any atom is -0.491 e. The standard InChI is InChI=1S/C16H26N2O3S/c1-13(2)21-15-4-6-16(7-5-15)22(19,20)17-12-14-8-10-18(3)11-9-14/h4-7,13-14,17H,8-12H2,1-3H3. The Bertz CT molecular complexity index is 562. The molecule has 124 valence electrons. The first-order valence-corrected chi connectivity index (χ1v) is 9.30. The van der Waals surface area contributed by atoms with Crippen molar-refractivity contribution in [3.8, 4) is 5.75 Å². The highest BCUT2D eigenvalue weighted by molar-refractivity contribution is 7.89. The van der Waals surface area contributed by atoms with E-state index in [1.165, 1.54) is 0 Å². The minimum absolute atomic E-state index is 0.0741. The molecule has 1 aromatic carbocycles. The number of nitrogens with one attached hydrogen (secondary N) is 1. The van der Waals surface area contributed by atoms with Crippen LogP contribution in [-0.2, 0) is 10.0 Å². The molecule has 1 N–H and O–H groups in total. The van der Waals surface area contributed by atoms with Gasteiger partial charge in [0.15, 0.2) is 0 Å². The van der Waals surface area contributed by atoms with Crippen LogP contribution >= 0.6 is 0 Å². The quantitative estimate of drug-likeness (QED) is 0.870. The van der Waals surface area contributed by atoms with Crippen LogP contribution in [0.15, 0.2) is 29.2 Å². The molecule has 1 aromatic rings. The van der Waals surface area contributed by atoms with Gasteiger partial charge in [0.25, 0.3) is 0 Å². The van der Waals surface area contributed by atoms with Crippen LogP contribution < -0.4 is 9.46 Å². The van der Waals surface area contributed by atoms with Crippen LogP contribution in [0.4, 0.5) is 0 Å². The maximum absolute atomic E-state index is 12.3. The zero-order chi connectivity index (χ0) is 16.2. The van der Waals surface area contributed by atoms with Crippen molar-refractivity contribution in [1.29, 1.82) is 0 Å². The second-order valence-corrected chi connectivity index (χ2v) is 8.00. The van der Waals surface area contributed by atoms with Gasteiger partial charge in [0.2, 0.25) is 10.0 Å². The smallest absolute Gasteiger partial charge is 0.240 e. The lowest BCUT2D eigenvalue weighted by Gasteiger charge is -2.28. The van der Waals surface area contributed by atoms with Crippen LogP contribution in [-0.4, -0.2) is 46.1 Å². The van der Waals surface area contributed by atoms with Gasteiger partial charge in [-0.2, -0.15) is 0 Å². The number of hydrogen-bond acceptors (Lipinski definition) is 4. The fraction of sp³-hybridized carbons (Fsp3) is 0.625. The molecular formula is C16H26N2O3S. The summed E-state index contributed by atoms with van der Waals surface area (Å²) in [4.78, 5) is 2.56. The lowest BCUT2D eigenvalue weighted by Crippen LogP contribution is -2.36. The van der Waals surface area contributed by atoms with Crippen molar-refractivity contribution in [2.24, 2.45) is 5.92 Å². The lowest BCUT2D eigenvalue weighted by atomic mass is 9.98. The number of nitrogens with zero attached hydrogens (tertiary/aromatic N) is 1. The second-order valence-electron chi connectivity index (χ2n) is 6.24. The number of piperidine rings is 1. The Kier molecular flexibility index (Phi) is 5.83. The van der Waals surface area contributed by atoms with Crippen molar-refractivity contribution in [3.05, 3.63) is 24.3 Å². The van der Waals surface area contributed by atoms with E-state index in [0.717, 1.165) is 25.9 Å². The third-order valence-electron chi connectivity index (χ3n) is 3.91. The van der Waals surface area contributed by atoms with Crippen LogP contribution in [0.2, 0.25) is 0 Å². The molecule has 5 nitrogen and oxygen atoms in total. The SMILES string of the molecule is CC(C)Oc1ccc(S(=O)(=O)NCC2CCN(C)CC2)cc1. The van der Waals surface area contributed by atoms with Gasteiger partial charge in [0, 0.05) is 6.54 Å². The van der Waals surface area contributed by atoms with Crippen molar-refractivity contribution in [2.45, 2.75) is 37.7 Å². The third-order valence-corrected chi connectivity index (χ3v) is 5.35. The predicted octanol–water partition coefficient (Wildman–Crippen LogP) is 2.09. The van der Waals surface area contributed by atoms with E-state index in [9.17, 15) is 8.42 Å². The monoisotopic (exact) mass is 326 g/mol. The molecule has 2 rings (SSSR count). The predicted molar refractivity (Wildman–Crippen MR) is 87.6 cm³/mol. The van der Waals surface area contributed by atoms with E-state index in [0.29, 0.717) is 18.2 Å². The Labute approximate surface area is 133 Å². The van der Waals surface area contributed by atoms with Crippen molar-refractivity contribution in [1.82, 2.24) is 9.62 Å². The fourth-order valence-corrected chi connectivity index (χ4v) is 3.66. The lowest BCUT2D eigenvalue weighted by molar-refractivity contribution is 0.220. The molecule has 1 aliphatic rings. The van der Waals surface area contributed by atoms with Crippen molar-refractivity contribution in [3.63, 3.8) is 0 Å². The molecule has 0 aliphatic carbocycles. The number of rotatable bonds is 6. The Morgan fingerprint density at radius 3 is 2.36 bits per heavy atom. The highest BCUT2D eigenvalue weighted by Gasteiger charge is 2.20. The molecule has 0 amide bonds. The van der Waals surface area contributed by atoms with E-state index in [1.807, 2.05) is 13.8 Å². The average Bonchev–Trinajstić information content (AvgIpc) is 2.47. The van der Waals surface area contributed by atoms with Crippen LogP contribution in [0, 0.1) is 5.92 Å². The van der Waals surface area contributed by atoms with Crippen molar-refractivity contribution in [2.75, 3.05) is 26.7 Å². The molecule has 0 atom stereocenters. The van der Waals surface area contributed by atoms with Crippen molar-refractivity contribution >= 4 is 10.0 Å². The zero-order valence-electron chi connectivity index (χ0n) is 13.6. The summed E-state index contributed by atoms with van der Waals surface area (Å²) in [6, 6.07) is 6.58. The van der Waals surface area contributed by atoms with Gasteiger partial charge in [-0.1, -0.05) is 0 Å². The normalized spacial score (nSPS) is 17.8. The molecule has 0 spiro atoms. The molecule has 0 unspecified atom stereocenters. The van der Waals surface area contributed by atoms with Crippen LogP contribution in [0.1, 0.15) is 26.7 Å². The van der Waals surface area contributed by atoms with E-state index in [2.05, 4.69) is 16.7 Å². The number of hydrogen-bond donors (Lipinski definition) is 1. The van der Waals surface area contributed by atoms with Gasteiger partial charge in [-0.05, 0) is 77.0 Å². The van der Waals surface area contributed by atoms with E-state index >= 15 is 0 Å². The summed E-state index contributed by atoms with van der Waals surface area (Å²) in [6.45, 7) is 6.46. The number of ether oxygens (including phenoxy) is 1. The largest absolute Gasteiger partial charge is 0.491 e. The number of benzene rings is 1. The van der Waals surface area contributed by atoms with E-state index in [1.54, 1.807) is 24.3 Å². The molecule has 0 bridgehead atoms. The first-order chi connectivity index (χ1) is 10.4. The molecule has 0 radical (unpaired) electrons. The zero-order valence-corrected chi connectivity index (χ0v) is 14.4. The summed E-state index contributed by atoms with van der Waals surface area (Å²) >= 11 is 0. The Morgan fingerprint density at radius 1 is 1.23 bits per heavy atom. The molecule has 22 heavy (non-hydrogen) atoms. The molecule has 1 aliphatic heterocycles. The van der Waals surface area contributed by atoms with Crippen LogP contribution in [0.25, 0.3) is 0 Å². The third kappa shape index (κ3) is 4.97. The molecule has 1 saturated heterocycles. The summed E-state index contributed by atoms with van der Waals surface area (Å²) in [6.07, 6.45) is 2.16. The van der Waals surface area contributed by atoms with E-state index in [4.69, 9.17) is 4.74 Å². The van der Waals surface area contributed by atoms with Crippen LogP contribution in [0.3, 0.4) is 0 Å². The van der Waals surface area contributed by atoms with Gasteiger partial charge in [-0.3, -0.25) is 0 Å². The van der Waals surface area contributed by atoms with Gasteiger partial charge in [0.1, 0.15) is 5.75 Å². The van der Waals surface area contributed by atoms with Crippen LogP contribution in [0.5, 0.6) is 5.75 Å². The maximum Gasteiger partial charge on any atom is 0.240 e. The highest BCUT2D eigenvalue weighted by Crippen LogP contribution is 2.19. The van der Waals surface area contributed by atoms with Gasteiger partial charge in [0.05, 0.1) is 11.0 Å². The Morgan fingerprint density at radius 2 is 1.82 bits per heavy atom. The summed E-state index contributed by atoms with van der Waals surface area (Å²) in [5, 5.41) is 0. The average molecular weight is 326 g/mol. The van der Waals surface area contributed by atoms with Gasteiger partial charge >= 0.3 is 0 Å². The second kappa shape index (κ2) is 7.44.